The molecular weight excluding hydrogens is 584 g/mol. The number of ether oxygens (including phenoxy) is 2. The number of aromatic carboxylic acids is 1. The van der Waals surface area contributed by atoms with E-state index in [9.17, 15) is 23.1 Å². The number of carbonyl (C=O) groups excluding carboxylic acids is 1. The maximum absolute atomic E-state index is 13.9. The Morgan fingerprint density at radius 1 is 1.02 bits per heavy atom. The summed E-state index contributed by atoms with van der Waals surface area (Å²) in [7, 11) is -4.14. The first-order valence-electron chi connectivity index (χ1n) is 12.9. The Morgan fingerprint density at radius 2 is 1.71 bits per heavy atom. The van der Waals surface area contributed by atoms with Crippen LogP contribution in [0, 0.1) is 13.8 Å². The van der Waals surface area contributed by atoms with E-state index in [0.29, 0.717) is 5.69 Å². The Hall–Kier alpha value is -4.23. The van der Waals surface area contributed by atoms with Gasteiger partial charge in [0.05, 0.1) is 29.5 Å². The fourth-order valence-corrected chi connectivity index (χ4v) is 6.18. The largest absolute Gasteiger partial charge is 0.476 e. The Morgan fingerprint density at radius 3 is 2.38 bits per heavy atom. The maximum atomic E-state index is 13.9. The molecule has 42 heavy (non-hydrogen) atoms. The van der Waals surface area contributed by atoms with Crippen molar-refractivity contribution in [2.24, 2.45) is 0 Å². The quantitative estimate of drug-likeness (QED) is 0.287. The highest BCUT2D eigenvalue weighted by molar-refractivity contribution is 7.89. The number of morpholine rings is 1. The van der Waals surface area contributed by atoms with E-state index in [0.717, 1.165) is 5.56 Å². The summed E-state index contributed by atoms with van der Waals surface area (Å²) in [6.45, 7) is 4.14. The molecular formula is C29H27ClN4O7S. The molecule has 0 aliphatic carbocycles. The second-order valence-corrected chi connectivity index (χ2v) is 11.9. The maximum Gasteiger partial charge on any atom is 0.356 e. The zero-order valence-electron chi connectivity index (χ0n) is 22.7. The molecule has 2 heterocycles. The number of carboxylic acid groups (broad SMARTS) is 1. The smallest absolute Gasteiger partial charge is 0.356 e. The zero-order chi connectivity index (χ0) is 30.0. The van der Waals surface area contributed by atoms with E-state index in [1.54, 1.807) is 36.4 Å². The highest BCUT2D eigenvalue weighted by Crippen LogP contribution is 2.37. The van der Waals surface area contributed by atoms with E-state index >= 15 is 0 Å². The molecule has 0 spiro atoms. The number of hydrogen-bond acceptors (Lipinski definition) is 7. The van der Waals surface area contributed by atoms with E-state index in [4.69, 9.17) is 21.1 Å². The number of hydrogen-bond donors (Lipinski definition) is 2. The minimum absolute atomic E-state index is 0.0301. The second-order valence-electron chi connectivity index (χ2n) is 9.55. The van der Waals surface area contributed by atoms with E-state index in [2.05, 4.69) is 10.4 Å². The topological polar surface area (TPSA) is 140 Å². The molecule has 5 rings (SSSR count). The van der Waals surface area contributed by atoms with Crippen molar-refractivity contribution in [3.05, 3.63) is 94.1 Å². The summed E-state index contributed by atoms with van der Waals surface area (Å²) in [4.78, 5) is 24.7. The van der Waals surface area contributed by atoms with Crippen LogP contribution in [-0.4, -0.2) is 65.8 Å². The van der Waals surface area contributed by atoms with E-state index in [1.165, 1.54) is 34.1 Å². The lowest BCUT2D eigenvalue weighted by Gasteiger charge is -2.27. The summed E-state index contributed by atoms with van der Waals surface area (Å²) < 4.78 is 41.9. The molecule has 1 aromatic heterocycles. The van der Waals surface area contributed by atoms with Crippen LogP contribution < -0.4 is 10.1 Å². The van der Waals surface area contributed by atoms with Crippen molar-refractivity contribution in [2.45, 2.75) is 18.7 Å². The molecule has 1 aliphatic rings. The molecule has 0 radical (unpaired) electrons. The minimum atomic E-state index is -4.14. The van der Waals surface area contributed by atoms with Gasteiger partial charge in [0.1, 0.15) is 10.6 Å². The predicted molar refractivity (Wildman–Crippen MR) is 155 cm³/mol. The summed E-state index contributed by atoms with van der Waals surface area (Å²) in [6, 6.07) is 17.8. The Labute approximate surface area is 247 Å². The van der Waals surface area contributed by atoms with Gasteiger partial charge in [-0.2, -0.15) is 14.1 Å². The molecule has 1 amide bonds. The van der Waals surface area contributed by atoms with E-state index in [-0.39, 0.29) is 70.4 Å². The molecule has 1 aliphatic heterocycles. The molecule has 0 bridgehead atoms. The van der Waals surface area contributed by atoms with Crippen molar-refractivity contribution >= 4 is 39.2 Å². The molecule has 1 fully saturated rings. The number of carboxylic acids is 1. The normalized spacial score (nSPS) is 14.0. The molecule has 2 N–H and O–H groups in total. The Bertz CT molecular complexity index is 1770. The highest BCUT2D eigenvalue weighted by Gasteiger charge is 2.32. The number of rotatable bonds is 8. The highest BCUT2D eigenvalue weighted by atomic mass is 35.5. The van der Waals surface area contributed by atoms with Gasteiger partial charge < -0.3 is 19.9 Å². The average Bonchev–Trinajstić information content (AvgIpc) is 3.30. The van der Waals surface area contributed by atoms with Crippen LogP contribution in [0.2, 0.25) is 5.02 Å². The number of aryl methyl sites for hydroxylation is 1. The van der Waals surface area contributed by atoms with Crippen molar-refractivity contribution in [3.63, 3.8) is 0 Å². The number of amides is 1. The van der Waals surface area contributed by atoms with Crippen LogP contribution in [0.15, 0.2) is 71.6 Å². The monoisotopic (exact) mass is 610 g/mol. The van der Waals surface area contributed by atoms with Gasteiger partial charge in [0.15, 0.2) is 5.69 Å². The third kappa shape index (κ3) is 5.88. The summed E-state index contributed by atoms with van der Waals surface area (Å²) >= 11 is 6.17. The lowest BCUT2D eigenvalue weighted by Crippen LogP contribution is -2.40. The summed E-state index contributed by atoms with van der Waals surface area (Å²) in [5.74, 6) is -1.83. The molecule has 3 aromatic carbocycles. The molecule has 1 saturated heterocycles. The molecule has 0 atom stereocenters. The number of carbonyl (C=O) groups is 2. The molecule has 4 aromatic rings. The van der Waals surface area contributed by atoms with Gasteiger partial charge in [-0.1, -0.05) is 41.4 Å². The first-order chi connectivity index (χ1) is 20.1. The molecule has 0 unspecified atom stereocenters. The van der Waals surface area contributed by atoms with Crippen LogP contribution in [0.3, 0.4) is 0 Å². The van der Waals surface area contributed by atoms with Gasteiger partial charge in [0, 0.05) is 24.3 Å². The number of nitrogens with zero attached hydrogens (tertiary/aromatic N) is 3. The lowest BCUT2D eigenvalue weighted by atomic mass is 10.2. The van der Waals surface area contributed by atoms with Crippen LogP contribution in [0.4, 0.5) is 5.69 Å². The van der Waals surface area contributed by atoms with Crippen molar-refractivity contribution < 1.29 is 32.6 Å². The van der Waals surface area contributed by atoms with Crippen LogP contribution in [-0.2, 0) is 14.8 Å². The number of benzene rings is 3. The Balaban J connectivity index is 1.60. The number of halogens is 1. The first-order valence-corrected chi connectivity index (χ1v) is 14.7. The number of nitrogens with one attached hydrogen (secondary N) is 1. The van der Waals surface area contributed by atoms with Crippen molar-refractivity contribution in [1.82, 2.24) is 14.1 Å². The summed E-state index contributed by atoms with van der Waals surface area (Å²) in [5.41, 5.74) is 1.87. The van der Waals surface area contributed by atoms with Gasteiger partial charge in [-0.3, -0.25) is 4.79 Å². The van der Waals surface area contributed by atoms with E-state index in [1.807, 2.05) is 19.1 Å². The fourth-order valence-electron chi connectivity index (χ4n) is 4.41. The van der Waals surface area contributed by atoms with Gasteiger partial charge >= 0.3 is 5.97 Å². The SMILES string of the molecule is Cc1ccc(-n2nc(C(=O)O)c(C)c2Oc2ccc(NC(=O)c3ccccc3Cl)cc2S(=O)(=O)N2CCOCC2)cc1. The van der Waals surface area contributed by atoms with Crippen molar-refractivity contribution in [2.75, 3.05) is 31.6 Å². The van der Waals surface area contributed by atoms with Gasteiger partial charge in [-0.05, 0) is 56.3 Å². The Kier molecular flexibility index (Phi) is 8.32. The second kappa shape index (κ2) is 11.9. The fraction of sp³-hybridized carbons (Fsp3) is 0.207. The van der Waals surface area contributed by atoms with Crippen LogP contribution in [0.5, 0.6) is 11.6 Å². The summed E-state index contributed by atoms with van der Waals surface area (Å²) in [5, 5.41) is 16.9. The van der Waals surface area contributed by atoms with Crippen LogP contribution in [0.1, 0.15) is 32.0 Å². The first kappa shape index (κ1) is 29.3. The lowest BCUT2D eigenvalue weighted by molar-refractivity contribution is 0.0689. The zero-order valence-corrected chi connectivity index (χ0v) is 24.3. The van der Waals surface area contributed by atoms with Gasteiger partial charge in [-0.15, -0.1) is 0 Å². The number of anilines is 1. The minimum Gasteiger partial charge on any atom is -0.476 e. The average molecular weight is 611 g/mol. The molecule has 218 valence electrons. The van der Waals surface area contributed by atoms with Crippen molar-refractivity contribution in [3.8, 4) is 17.3 Å². The van der Waals surface area contributed by atoms with Gasteiger partial charge in [0.2, 0.25) is 15.9 Å². The van der Waals surface area contributed by atoms with Crippen LogP contribution in [0.25, 0.3) is 5.69 Å². The number of sulfonamides is 1. The van der Waals surface area contributed by atoms with Gasteiger partial charge in [-0.25, -0.2) is 13.2 Å². The third-order valence-electron chi connectivity index (χ3n) is 6.66. The van der Waals surface area contributed by atoms with Crippen LogP contribution >= 0.6 is 11.6 Å². The number of aromatic nitrogens is 2. The molecule has 13 heteroatoms. The predicted octanol–water partition coefficient (Wildman–Crippen LogP) is 4.91. The standard InChI is InChI=1S/C29H27ClN4O7S/c1-18-7-10-21(11-8-18)34-28(19(2)26(32-34)29(36)37)41-24-12-9-20(31-27(35)22-5-3-4-6-23(22)30)17-25(24)42(38,39)33-13-15-40-16-14-33/h3-12,17H,13-16H2,1-2H3,(H,31,35)(H,36,37). The third-order valence-corrected chi connectivity index (χ3v) is 8.91. The summed E-state index contributed by atoms with van der Waals surface area (Å²) in [6.07, 6.45) is 0. The molecule has 0 saturated carbocycles. The van der Waals surface area contributed by atoms with E-state index < -0.39 is 21.9 Å². The molecule has 11 nitrogen and oxygen atoms in total. The van der Waals surface area contributed by atoms with Crippen molar-refractivity contribution in [1.29, 1.82) is 0 Å². The van der Waals surface area contributed by atoms with Gasteiger partial charge in [0.25, 0.3) is 5.91 Å².